The van der Waals surface area contributed by atoms with Crippen molar-refractivity contribution in [2.75, 3.05) is 26.2 Å². The average Bonchev–Trinajstić information content (AvgIpc) is 2.41. The number of hydrogen-bond acceptors (Lipinski definition) is 3. The molecule has 0 aliphatic carbocycles. The highest BCUT2D eigenvalue weighted by Crippen LogP contribution is 2.10. The molecule has 1 saturated heterocycles. The van der Waals surface area contributed by atoms with Gasteiger partial charge in [0.2, 0.25) is 0 Å². The minimum absolute atomic E-state index is 0.295. The third-order valence-corrected chi connectivity index (χ3v) is 3.77. The number of hydrogen-bond donors (Lipinski definition) is 1. The van der Waals surface area contributed by atoms with Crippen LogP contribution in [0.4, 0.5) is 0 Å². The first-order valence-electron chi connectivity index (χ1n) is 6.96. The van der Waals surface area contributed by atoms with Crippen LogP contribution in [0.15, 0.2) is 24.3 Å². The first-order valence-corrected chi connectivity index (χ1v) is 7.34. The lowest BCUT2D eigenvalue weighted by atomic mass is 10.2. The van der Waals surface area contributed by atoms with Crippen LogP contribution in [0.1, 0.15) is 19.4 Å². The molecule has 3 nitrogen and oxygen atoms in total. The summed E-state index contributed by atoms with van der Waals surface area (Å²) in [5.74, 6) is 0. The largest absolute Gasteiger partial charge is 0.374 e. The fourth-order valence-corrected chi connectivity index (χ4v) is 2.44. The maximum atomic E-state index is 5.87. The summed E-state index contributed by atoms with van der Waals surface area (Å²) in [6.07, 6.45) is 0.295. The lowest BCUT2D eigenvalue weighted by Gasteiger charge is -2.35. The third-order valence-electron chi connectivity index (χ3n) is 3.51. The number of rotatable bonds is 5. The molecule has 19 heavy (non-hydrogen) atoms. The smallest absolute Gasteiger partial charge is 0.0826 e. The van der Waals surface area contributed by atoms with E-state index >= 15 is 0 Å². The van der Waals surface area contributed by atoms with Crippen molar-refractivity contribution in [3.63, 3.8) is 0 Å². The van der Waals surface area contributed by atoms with E-state index in [1.54, 1.807) is 0 Å². The second kappa shape index (κ2) is 7.25. The van der Waals surface area contributed by atoms with E-state index in [2.05, 4.69) is 36.2 Å². The molecule has 1 atom stereocenters. The van der Waals surface area contributed by atoms with Gasteiger partial charge in [-0.05, 0) is 31.5 Å². The van der Waals surface area contributed by atoms with Gasteiger partial charge in [0, 0.05) is 37.2 Å². The minimum Gasteiger partial charge on any atom is -0.374 e. The Labute approximate surface area is 120 Å². The Hall–Kier alpha value is -0.610. The quantitative estimate of drug-likeness (QED) is 0.898. The van der Waals surface area contributed by atoms with Gasteiger partial charge in [0.15, 0.2) is 0 Å². The molecular weight excluding hydrogens is 260 g/mol. The Kier molecular flexibility index (Phi) is 5.64. The molecule has 0 aromatic heterocycles. The molecule has 0 saturated carbocycles. The number of ether oxygens (including phenoxy) is 1. The van der Waals surface area contributed by atoms with E-state index in [0.717, 1.165) is 37.8 Å². The lowest BCUT2D eigenvalue weighted by molar-refractivity contribution is -0.0372. The predicted molar refractivity (Wildman–Crippen MR) is 79.6 cm³/mol. The van der Waals surface area contributed by atoms with Crippen LogP contribution in [0.25, 0.3) is 0 Å². The van der Waals surface area contributed by atoms with Crippen molar-refractivity contribution < 1.29 is 4.74 Å². The van der Waals surface area contributed by atoms with Crippen LogP contribution in [0.5, 0.6) is 0 Å². The van der Waals surface area contributed by atoms with Gasteiger partial charge < -0.3 is 10.1 Å². The molecule has 0 bridgehead atoms. The molecule has 1 fully saturated rings. The number of halogens is 1. The molecule has 1 aromatic rings. The zero-order valence-electron chi connectivity index (χ0n) is 11.7. The monoisotopic (exact) mass is 282 g/mol. The summed E-state index contributed by atoms with van der Waals surface area (Å²) in [5, 5.41) is 4.24. The first kappa shape index (κ1) is 14.8. The summed E-state index contributed by atoms with van der Waals surface area (Å²) in [6.45, 7) is 9.14. The summed E-state index contributed by atoms with van der Waals surface area (Å²) in [5.41, 5.74) is 1.25. The summed E-state index contributed by atoms with van der Waals surface area (Å²) < 4.78 is 5.79. The van der Waals surface area contributed by atoms with Crippen LogP contribution < -0.4 is 5.32 Å². The van der Waals surface area contributed by atoms with Gasteiger partial charge in [0.05, 0.1) is 12.7 Å². The van der Waals surface area contributed by atoms with E-state index in [-0.39, 0.29) is 0 Å². The Morgan fingerprint density at radius 1 is 1.37 bits per heavy atom. The van der Waals surface area contributed by atoms with Gasteiger partial charge in [0.25, 0.3) is 0 Å². The molecule has 1 aromatic carbocycles. The maximum Gasteiger partial charge on any atom is 0.0826 e. The molecule has 4 heteroatoms. The Morgan fingerprint density at radius 2 is 2.11 bits per heavy atom. The molecule has 0 radical (unpaired) electrons. The van der Waals surface area contributed by atoms with Gasteiger partial charge in [0.1, 0.15) is 0 Å². The van der Waals surface area contributed by atoms with Crippen molar-refractivity contribution in [1.29, 1.82) is 0 Å². The SMILES string of the molecule is CC(C)N1CCOC(CNCc2ccc(Cl)cc2)C1. The van der Waals surface area contributed by atoms with Crippen molar-refractivity contribution in [3.05, 3.63) is 34.9 Å². The fourth-order valence-electron chi connectivity index (χ4n) is 2.31. The zero-order valence-corrected chi connectivity index (χ0v) is 12.5. The van der Waals surface area contributed by atoms with E-state index in [9.17, 15) is 0 Å². The van der Waals surface area contributed by atoms with E-state index in [0.29, 0.717) is 12.1 Å². The number of benzene rings is 1. The second-order valence-corrected chi connectivity index (χ2v) is 5.78. The van der Waals surface area contributed by atoms with Gasteiger partial charge in [-0.3, -0.25) is 4.90 Å². The molecular formula is C15H23ClN2O. The standard InChI is InChI=1S/C15H23ClN2O/c1-12(2)18-7-8-19-15(11-18)10-17-9-13-3-5-14(16)6-4-13/h3-6,12,15,17H,7-11H2,1-2H3. The normalized spacial score (nSPS) is 20.9. The topological polar surface area (TPSA) is 24.5 Å². The summed E-state index contributed by atoms with van der Waals surface area (Å²) in [7, 11) is 0. The molecule has 0 amide bonds. The summed E-state index contributed by atoms with van der Waals surface area (Å²) in [6, 6.07) is 8.56. The second-order valence-electron chi connectivity index (χ2n) is 5.34. The van der Waals surface area contributed by atoms with Crippen LogP contribution in [-0.4, -0.2) is 43.3 Å². The highest BCUT2D eigenvalue weighted by atomic mass is 35.5. The molecule has 0 spiro atoms. The van der Waals surface area contributed by atoms with Crippen molar-refractivity contribution in [2.24, 2.45) is 0 Å². The minimum atomic E-state index is 0.295. The highest BCUT2D eigenvalue weighted by molar-refractivity contribution is 6.30. The van der Waals surface area contributed by atoms with Gasteiger partial charge in [-0.15, -0.1) is 0 Å². The predicted octanol–water partition coefficient (Wildman–Crippen LogP) is 2.54. The third kappa shape index (κ3) is 4.77. The molecule has 106 valence electrons. The Balaban J connectivity index is 1.72. The van der Waals surface area contributed by atoms with Crippen LogP contribution in [0.3, 0.4) is 0 Å². The lowest BCUT2D eigenvalue weighted by Crippen LogP contribution is -2.48. The van der Waals surface area contributed by atoms with Crippen LogP contribution in [-0.2, 0) is 11.3 Å². The molecule has 1 heterocycles. The van der Waals surface area contributed by atoms with Crippen molar-refractivity contribution in [1.82, 2.24) is 10.2 Å². The van der Waals surface area contributed by atoms with Gasteiger partial charge >= 0.3 is 0 Å². The Morgan fingerprint density at radius 3 is 2.79 bits per heavy atom. The van der Waals surface area contributed by atoms with Crippen molar-refractivity contribution in [3.8, 4) is 0 Å². The van der Waals surface area contributed by atoms with E-state index in [1.807, 2.05) is 12.1 Å². The van der Waals surface area contributed by atoms with Gasteiger partial charge in [-0.1, -0.05) is 23.7 Å². The summed E-state index contributed by atoms with van der Waals surface area (Å²) in [4.78, 5) is 2.47. The average molecular weight is 283 g/mol. The Bertz CT molecular complexity index is 380. The molecule has 1 N–H and O–H groups in total. The van der Waals surface area contributed by atoms with E-state index < -0.39 is 0 Å². The zero-order chi connectivity index (χ0) is 13.7. The number of morpholine rings is 1. The van der Waals surface area contributed by atoms with E-state index in [1.165, 1.54) is 5.56 Å². The molecule has 1 unspecified atom stereocenters. The van der Waals surface area contributed by atoms with Crippen LogP contribution in [0, 0.1) is 0 Å². The van der Waals surface area contributed by atoms with Gasteiger partial charge in [-0.2, -0.15) is 0 Å². The first-order chi connectivity index (χ1) is 9.15. The van der Waals surface area contributed by atoms with Crippen molar-refractivity contribution >= 4 is 11.6 Å². The maximum absolute atomic E-state index is 5.87. The van der Waals surface area contributed by atoms with Gasteiger partial charge in [-0.25, -0.2) is 0 Å². The van der Waals surface area contributed by atoms with Crippen LogP contribution >= 0.6 is 11.6 Å². The molecule has 1 aliphatic heterocycles. The van der Waals surface area contributed by atoms with Crippen LogP contribution in [0.2, 0.25) is 5.02 Å². The molecule has 1 aliphatic rings. The number of nitrogens with one attached hydrogen (secondary N) is 1. The van der Waals surface area contributed by atoms with E-state index in [4.69, 9.17) is 16.3 Å². The van der Waals surface area contributed by atoms with Crippen molar-refractivity contribution in [2.45, 2.75) is 32.5 Å². The molecule has 2 rings (SSSR count). The fraction of sp³-hybridized carbons (Fsp3) is 0.600. The highest BCUT2D eigenvalue weighted by Gasteiger charge is 2.21. The summed E-state index contributed by atoms with van der Waals surface area (Å²) >= 11 is 5.87. The number of nitrogens with zero attached hydrogens (tertiary/aromatic N) is 1.